The molecular weight excluding hydrogens is 1290 g/mol. The first-order valence-corrected chi connectivity index (χ1v) is 32.2. The molecule has 13 amide bonds. The molecule has 0 aromatic heterocycles. The van der Waals surface area contributed by atoms with Gasteiger partial charge in [-0.1, -0.05) is 71.0 Å². The molecule has 0 fully saturated rings. The van der Waals surface area contributed by atoms with Crippen LogP contribution in [0.4, 0.5) is 26.7 Å². The lowest BCUT2D eigenvalue weighted by atomic mass is 9.92. The van der Waals surface area contributed by atoms with E-state index in [9.17, 15) is 77.8 Å². The Morgan fingerprint density at radius 1 is 0.616 bits per heavy atom. The van der Waals surface area contributed by atoms with Gasteiger partial charge in [-0.05, 0) is 96.9 Å². The van der Waals surface area contributed by atoms with E-state index < -0.39 is 135 Å². The molecule has 99 heavy (non-hydrogen) atoms. The fourth-order valence-electron chi connectivity index (χ4n) is 12.1. The number of nitrogens with one attached hydrogen (secondary N) is 4. The number of likely N-dealkylation sites (N-methyl/N-ethyl adjacent to an activating group) is 2. The van der Waals surface area contributed by atoms with Crippen molar-refractivity contribution in [2.75, 3.05) is 71.3 Å². The number of rotatable bonds is 34. The van der Waals surface area contributed by atoms with Gasteiger partial charge in [0, 0.05) is 124 Å². The number of ketones is 1. The number of nitrogens with zero attached hydrogens (tertiary/aromatic N) is 8. The molecule has 0 aliphatic carbocycles. The van der Waals surface area contributed by atoms with Crippen LogP contribution in [0.25, 0.3) is 21.5 Å². The van der Waals surface area contributed by atoms with Crippen molar-refractivity contribution in [3.05, 3.63) is 145 Å². The standard InChI is InChI=1S/C68H77N13O18/c1-7-75(34-36-78-62(88)46-14-8-12-42-19-24-49(80(95)96)56(54(42)46)64(78)90)31-11-32-76(35-37-79-63(89)47-15-9-13-43-20-25-50(81(97)98)57(55(43)47)65(79)91)66(92)59(40(4)5)74(6)68(94)99-38-41-17-21-44(22-18-41)71-60(86)48(16-10-30-70-67(69)93)72-61(87)58(39(2)3)73-51(83)26-23-45(82)29-33-77-52(84)27-28-53(77)85/h8-9,12-15,17-22,24-25,27-28,39-40,48,58-59H,7,10-11,16,23,26,29-38H2,1-6H3,(H,71,86)(H,72,87)(H,73,83)(H3,69,70,93)/t48-,58-,59+/m0/s1. The van der Waals surface area contributed by atoms with Crippen molar-refractivity contribution in [3.63, 3.8) is 0 Å². The molecule has 0 unspecified atom stereocenters. The van der Waals surface area contributed by atoms with Crippen LogP contribution >= 0.6 is 0 Å². The van der Waals surface area contributed by atoms with Gasteiger partial charge in [0.25, 0.3) is 46.8 Å². The van der Waals surface area contributed by atoms with Gasteiger partial charge in [-0.25, -0.2) is 9.59 Å². The van der Waals surface area contributed by atoms with Crippen LogP contribution in [-0.2, 0) is 44.9 Å². The molecule has 3 aliphatic heterocycles. The molecule has 31 heteroatoms. The molecule has 3 aliphatic rings. The average Bonchev–Trinajstić information content (AvgIpc) is 0.961. The van der Waals surface area contributed by atoms with Crippen LogP contribution in [0.5, 0.6) is 0 Å². The third-order valence-electron chi connectivity index (χ3n) is 17.4. The number of anilines is 1. The van der Waals surface area contributed by atoms with E-state index in [1.807, 2.05) is 11.8 Å². The normalized spacial score (nSPS) is 14.3. The first-order chi connectivity index (χ1) is 47.1. The number of benzene rings is 5. The topological polar surface area (TPSA) is 411 Å². The number of imide groups is 3. The molecule has 3 heterocycles. The minimum absolute atomic E-state index is 0.00388. The van der Waals surface area contributed by atoms with Crippen LogP contribution in [0.1, 0.15) is 120 Å². The number of carbonyl (C=O) groups excluding carboxylic acids is 13. The van der Waals surface area contributed by atoms with Crippen LogP contribution < -0.4 is 27.0 Å². The molecule has 0 saturated carbocycles. The Kier molecular flexibility index (Phi) is 24.2. The third kappa shape index (κ3) is 17.3. The second-order valence-corrected chi connectivity index (χ2v) is 24.7. The molecule has 522 valence electrons. The Hall–Kier alpha value is -11.4. The SMILES string of the molecule is CCN(CCCN(CCN1C(=O)c2cccc3ccc([N+](=O)[O-])c(c23)C1=O)C(=O)[C@@H](C(C)C)N(C)C(=O)OCc1ccc(NC(=O)[C@H](CCCNC(N)=O)NC(=O)[C@@H](NC(=O)CCC(=O)CCN2C(=O)C=CC2=O)C(C)C)cc1)CCN1C(=O)c2cccc3ccc([N+](=O)[O-])c(c23)C1=O. The van der Waals surface area contributed by atoms with Crippen LogP contribution in [-0.4, -0.2) is 200 Å². The lowest BCUT2D eigenvalue weighted by Gasteiger charge is -2.36. The fourth-order valence-corrected chi connectivity index (χ4v) is 12.1. The third-order valence-corrected chi connectivity index (χ3v) is 17.4. The van der Waals surface area contributed by atoms with Crippen LogP contribution in [0.15, 0.2) is 97.1 Å². The predicted molar refractivity (Wildman–Crippen MR) is 357 cm³/mol. The number of ether oxygens (including phenoxy) is 1. The van der Waals surface area contributed by atoms with Gasteiger partial charge in [-0.15, -0.1) is 0 Å². The number of primary amides is 1. The van der Waals surface area contributed by atoms with Gasteiger partial charge in [0.2, 0.25) is 23.6 Å². The summed E-state index contributed by atoms with van der Waals surface area (Å²) in [7, 11) is 1.36. The zero-order valence-electron chi connectivity index (χ0n) is 55.4. The van der Waals surface area contributed by atoms with Crippen molar-refractivity contribution >= 4 is 116 Å². The van der Waals surface area contributed by atoms with Crippen LogP contribution in [0.3, 0.4) is 0 Å². The van der Waals surface area contributed by atoms with E-state index in [-0.39, 0.29) is 130 Å². The summed E-state index contributed by atoms with van der Waals surface area (Å²) in [5.74, 6) is -8.38. The Morgan fingerprint density at radius 3 is 1.71 bits per heavy atom. The van der Waals surface area contributed by atoms with E-state index in [1.54, 1.807) is 64.1 Å². The number of carbonyl (C=O) groups is 13. The van der Waals surface area contributed by atoms with Gasteiger partial charge < -0.3 is 41.5 Å². The highest BCUT2D eigenvalue weighted by Crippen LogP contribution is 2.38. The molecule has 0 saturated heterocycles. The van der Waals surface area contributed by atoms with E-state index in [4.69, 9.17) is 10.5 Å². The van der Waals surface area contributed by atoms with Crippen molar-refractivity contribution < 1.29 is 76.9 Å². The predicted octanol–water partition coefficient (Wildman–Crippen LogP) is 5.21. The highest BCUT2D eigenvalue weighted by molar-refractivity contribution is 6.28. The summed E-state index contributed by atoms with van der Waals surface area (Å²) in [6.45, 7) is 7.90. The second-order valence-electron chi connectivity index (χ2n) is 24.7. The highest BCUT2D eigenvalue weighted by atomic mass is 16.6. The Bertz CT molecular complexity index is 4100. The molecule has 6 N–H and O–H groups in total. The number of Topliss-reactive ketones (excluding diaryl/α,β-unsaturated/α-hetero) is 1. The minimum atomic E-state index is -1.23. The van der Waals surface area contributed by atoms with Crippen molar-refractivity contribution in [3.8, 4) is 0 Å². The smallest absolute Gasteiger partial charge is 0.410 e. The number of nitro benzene ring substituents is 2. The van der Waals surface area contributed by atoms with Crippen molar-refractivity contribution in [2.45, 2.75) is 97.9 Å². The molecule has 0 spiro atoms. The number of nitro groups is 2. The fraction of sp³-hybridized carbons (Fsp3) is 0.397. The van der Waals surface area contributed by atoms with Gasteiger partial charge >= 0.3 is 12.1 Å². The van der Waals surface area contributed by atoms with Crippen molar-refractivity contribution in [2.24, 2.45) is 17.6 Å². The number of hydrogen-bond acceptors (Lipinski definition) is 19. The molecule has 0 bridgehead atoms. The summed E-state index contributed by atoms with van der Waals surface area (Å²) >= 11 is 0. The monoisotopic (exact) mass is 1360 g/mol. The Balaban J connectivity index is 0.919. The van der Waals surface area contributed by atoms with Crippen molar-refractivity contribution in [1.82, 2.24) is 45.3 Å². The minimum Gasteiger partial charge on any atom is -0.445 e. The van der Waals surface area contributed by atoms with Crippen LogP contribution in [0, 0.1) is 32.1 Å². The lowest BCUT2D eigenvalue weighted by Crippen LogP contribution is -2.54. The summed E-state index contributed by atoms with van der Waals surface area (Å²) in [6, 6.07) is 16.4. The zero-order chi connectivity index (χ0) is 72.1. The maximum absolute atomic E-state index is 15.1. The number of hydrogen-bond donors (Lipinski definition) is 5. The van der Waals surface area contributed by atoms with E-state index in [1.165, 1.54) is 60.5 Å². The lowest BCUT2D eigenvalue weighted by molar-refractivity contribution is -0.385. The van der Waals surface area contributed by atoms with E-state index in [0.29, 0.717) is 22.9 Å². The maximum atomic E-state index is 15.1. The number of urea groups is 1. The zero-order valence-corrected chi connectivity index (χ0v) is 55.4. The van der Waals surface area contributed by atoms with Gasteiger partial charge in [0.1, 0.15) is 41.6 Å². The number of amides is 13. The molecule has 8 rings (SSSR count). The summed E-state index contributed by atoms with van der Waals surface area (Å²) in [5.41, 5.74) is 4.65. The van der Waals surface area contributed by atoms with Gasteiger partial charge in [-0.2, -0.15) is 0 Å². The van der Waals surface area contributed by atoms with E-state index in [0.717, 1.165) is 31.8 Å². The average molecular weight is 1360 g/mol. The van der Waals surface area contributed by atoms with E-state index >= 15 is 4.79 Å². The van der Waals surface area contributed by atoms with Gasteiger partial charge in [0.05, 0.1) is 9.85 Å². The largest absolute Gasteiger partial charge is 0.445 e. The van der Waals surface area contributed by atoms with Gasteiger partial charge in [-0.3, -0.25) is 92.6 Å². The number of nitrogens with two attached hydrogens (primary N) is 1. The quantitative estimate of drug-likeness (QED) is 0.0153. The molecule has 0 radical (unpaired) electrons. The second kappa shape index (κ2) is 32.6. The molecule has 5 aromatic carbocycles. The molecule has 31 nitrogen and oxygen atoms in total. The van der Waals surface area contributed by atoms with Gasteiger partial charge in [0.15, 0.2) is 0 Å². The maximum Gasteiger partial charge on any atom is 0.410 e. The summed E-state index contributed by atoms with van der Waals surface area (Å²) in [5, 5.41) is 36.1. The highest BCUT2D eigenvalue weighted by Gasteiger charge is 2.42. The summed E-state index contributed by atoms with van der Waals surface area (Å²) in [6.07, 6.45) is 0.930. The molecular formula is C68H77N13O18. The Morgan fingerprint density at radius 2 is 1.18 bits per heavy atom. The summed E-state index contributed by atoms with van der Waals surface area (Å²) < 4.78 is 5.73. The van der Waals surface area contributed by atoms with Crippen LogP contribution in [0.2, 0.25) is 0 Å². The van der Waals surface area contributed by atoms with E-state index in [2.05, 4.69) is 21.3 Å². The first-order valence-electron chi connectivity index (χ1n) is 32.2. The first kappa shape index (κ1) is 73.4. The molecule has 5 aromatic rings. The Labute approximate surface area is 567 Å². The summed E-state index contributed by atoms with van der Waals surface area (Å²) in [4.78, 5) is 204. The van der Waals surface area contributed by atoms with Crippen molar-refractivity contribution in [1.29, 1.82) is 0 Å². The molecule has 3 atom stereocenters.